The molecule has 4 heteroatoms. The van der Waals surface area contributed by atoms with E-state index in [0.717, 1.165) is 16.5 Å². The van der Waals surface area contributed by atoms with Crippen molar-refractivity contribution < 1.29 is 4.79 Å². The van der Waals surface area contributed by atoms with Crippen molar-refractivity contribution in [3.8, 4) is 5.69 Å². The molecule has 3 N–H and O–H groups in total. The Kier molecular flexibility index (Phi) is 2.78. The maximum atomic E-state index is 11.7. The highest BCUT2D eigenvalue weighted by molar-refractivity contribution is 5.95. The van der Waals surface area contributed by atoms with Gasteiger partial charge in [0.25, 0.3) is 5.91 Å². The number of rotatable bonds is 2. The minimum Gasteiger partial charge on any atom is -0.312 e. The molecule has 19 heavy (non-hydrogen) atoms. The molecule has 0 saturated heterocycles. The van der Waals surface area contributed by atoms with Crippen LogP contribution in [-0.2, 0) is 0 Å². The van der Waals surface area contributed by atoms with Gasteiger partial charge in [-0.15, -0.1) is 0 Å². The number of hydrogen-bond donors (Lipinski definition) is 2. The summed E-state index contributed by atoms with van der Waals surface area (Å²) in [6, 6.07) is 17.6. The number of fused-ring (bicyclic) bond motifs is 1. The van der Waals surface area contributed by atoms with Crippen LogP contribution in [0.4, 0.5) is 0 Å². The fourth-order valence-electron chi connectivity index (χ4n) is 2.27. The highest BCUT2D eigenvalue weighted by Gasteiger charge is 2.12. The Hall–Kier alpha value is -2.59. The molecule has 0 aliphatic rings. The molecule has 0 atom stereocenters. The molecule has 0 radical (unpaired) electrons. The van der Waals surface area contributed by atoms with Gasteiger partial charge in [0.05, 0.1) is 5.69 Å². The van der Waals surface area contributed by atoms with Gasteiger partial charge >= 0.3 is 0 Å². The monoisotopic (exact) mass is 251 g/mol. The zero-order chi connectivity index (χ0) is 13.2. The van der Waals surface area contributed by atoms with E-state index in [1.54, 1.807) is 6.07 Å². The van der Waals surface area contributed by atoms with Gasteiger partial charge < -0.3 is 4.57 Å². The minimum atomic E-state index is -0.307. The summed E-state index contributed by atoms with van der Waals surface area (Å²) in [7, 11) is 0. The molecule has 0 bridgehead atoms. The Morgan fingerprint density at radius 2 is 1.79 bits per heavy atom. The molecule has 2 aromatic carbocycles. The van der Waals surface area contributed by atoms with Crippen molar-refractivity contribution in [1.29, 1.82) is 0 Å². The van der Waals surface area contributed by atoms with Crippen LogP contribution in [-0.4, -0.2) is 10.5 Å². The molecule has 1 amide bonds. The van der Waals surface area contributed by atoms with Crippen molar-refractivity contribution in [2.24, 2.45) is 5.84 Å². The van der Waals surface area contributed by atoms with E-state index in [-0.39, 0.29) is 5.91 Å². The first kappa shape index (κ1) is 11.5. The lowest BCUT2D eigenvalue weighted by Crippen LogP contribution is -2.31. The summed E-state index contributed by atoms with van der Waals surface area (Å²) in [5.41, 5.74) is 3.64. The number of nitrogens with zero attached hydrogens (tertiary/aromatic N) is 1. The first-order valence-corrected chi connectivity index (χ1v) is 5.97. The predicted octanol–water partition coefficient (Wildman–Crippen LogP) is 2.23. The van der Waals surface area contributed by atoms with Gasteiger partial charge in [-0.2, -0.15) is 0 Å². The molecule has 94 valence electrons. The standard InChI is InChI=1S/C15H13N3O/c16-17-15(19)14-9-4-10-18(14)13-8-3-6-11-5-1-2-7-12(11)13/h1-10H,16H2,(H,17,19). The molecule has 1 aromatic heterocycles. The van der Waals surface area contributed by atoms with E-state index in [1.807, 2.05) is 59.3 Å². The van der Waals surface area contributed by atoms with E-state index < -0.39 is 0 Å². The van der Waals surface area contributed by atoms with Gasteiger partial charge in [0.1, 0.15) is 5.69 Å². The molecule has 1 heterocycles. The number of nitrogen functional groups attached to an aromatic ring is 1. The summed E-state index contributed by atoms with van der Waals surface area (Å²) >= 11 is 0. The molecule has 0 fully saturated rings. The van der Waals surface area contributed by atoms with E-state index in [2.05, 4.69) is 5.43 Å². The first-order valence-electron chi connectivity index (χ1n) is 5.97. The smallest absolute Gasteiger partial charge is 0.282 e. The topological polar surface area (TPSA) is 60.0 Å². The number of nitrogens with two attached hydrogens (primary N) is 1. The average Bonchev–Trinajstić information content (AvgIpc) is 2.95. The maximum Gasteiger partial charge on any atom is 0.282 e. The largest absolute Gasteiger partial charge is 0.312 e. The zero-order valence-corrected chi connectivity index (χ0v) is 10.2. The third-order valence-electron chi connectivity index (χ3n) is 3.14. The molecule has 3 rings (SSSR count). The summed E-state index contributed by atoms with van der Waals surface area (Å²) in [4.78, 5) is 11.7. The van der Waals surface area contributed by atoms with Crippen LogP contribution in [0.5, 0.6) is 0 Å². The molecule has 0 spiro atoms. The Morgan fingerprint density at radius 3 is 2.63 bits per heavy atom. The number of carbonyl (C=O) groups is 1. The van der Waals surface area contributed by atoms with Crippen LogP contribution in [0.3, 0.4) is 0 Å². The van der Waals surface area contributed by atoms with Gasteiger partial charge in [-0.1, -0.05) is 36.4 Å². The van der Waals surface area contributed by atoms with Crippen molar-refractivity contribution in [3.05, 3.63) is 66.5 Å². The van der Waals surface area contributed by atoms with E-state index in [0.29, 0.717) is 5.69 Å². The first-order chi connectivity index (χ1) is 9.31. The molecule has 0 unspecified atom stereocenters. The van der Waals surface area contributed by atoms with Crippen LogP contribution < -0.4 is 11.3 Å². The van der Waals surface area contributed by atoms with Crippen molar-refractivity contribution in [3.63, 3.8) is 0 Å². The normalized spacial score (nSPS) is 10.6. The summed E-state index contributed by atoms with van der Waals surface area (Å²) in [6.07, 6.45) is 1.85. The molecule has 4 nitrogen and oxygen atoms in total. The highest BCUT2D eigenvalue weighted by atomic mass is 16.2. The SMILES string of the molecule is NNC(=O)c1cccn1-c1cccc2ccccc12. The Bertz CT molecular complexity index is 740. The molecular weight excluding hydrogens is 238 g/mol. The van der Waals surface area contributed by atoms with Gasteiger partial charge in [-0.25, -0.2) is 5.84 Å². The third-order valence-corrected chi connectivity index (χ3v) is 3.14. The number of hydrogen-bond acceptors (Lipinski definition) is 2. The zero-order valence-electron chi connectivity index (χ0n) is 10.2. The Labute approximate surface area is 110 Å². The molecular formula is C15H13N3O. The van der Waals surface area contributed by atoms with E-state index in [9.17, 15) is 4.79 Å². The van der Waals surface area contributed by atoms with E-state index >= 15 is 0 Å². The summed E-state index contributed by atoms with van der Waals surface area (Å²) in [5, 5.41) is 2.22. The molecule has 0 aliphatic heterocycles. The van der Waals surface area contributed by atoms with Gasteiger partial charge in [0.15, 0.2) is 0 Å². The van der Waals surface area contributed by atoms with Crippen molar-refractivity contribution in [2.45, 2.75) is 0 Å². The number of hydrazine groups is 1. The fraction of sp³-hybridized carbons (Fsp3) is 0. The van der Waals surface area contributed by atoms with Gasteiger partial charge in [-0.05, 0) is 23.6 Å². The Balaban J connectivity index is 2.26. The lowest BCUT2D eigenvalue weighted by molar-refractivity contribution is 0.0947. The van der Waals surface area contributed by atoms with Crippen LogP contribution in [0.2, 0.25) is 0 Å². The number of benzene rings is 2. The molecule has 3 aromatic rings. The average molecular weight is 251 g/mol. The van der Waals surface area contributed by atoms with Gasteiger partial charge in [0, 0.05) is 11.6 Å². The second kappa shape index (κ2) is 4.59. The highest BCUT2D eigenvalue weighted by Crippen LogP contribution is 2.23. The van der Waals surface area contributed by atoms with Gasteiger partial charge in [0.2, 0.25) is 0 Å². The summed E-state index contributed by atoms with van der Waals surface area (Å²) in [6.45, 7) is 0. The predicted molar refractivity (Wildman–Crippen MR) is 74.9 cm³/mol. The van der Waals surface area contributed by atoms with E-state index in [1.165, 1.54) is 0 Å². The fourth-order valence-corrected chi connectivity index (χ4v) is 2.27. The van der Waals surface area contributed by atoms with Crippen LogP contribution in [0, 0.1) is 0 Å². The van der Waals surface area contributed by atoms with Crippen LogP contribution in [0.1, 0.15) is 10.5 Å². The number of amides is 1. The van der Waals surface area contributed by atoms with Crippen molar-refractivity contribution in [2.75, 3.05) is 0 Å². The van der Waals surface area contributed by atoms with Crippen LogP contribution >= 0.6 is 0 Å². The summed E-state index contributed by atoms with van der Waals surface area (Å²) < 4.78 is 1.84. The maximum absolute atomic E-state index is 11.7. The lowest BCUT2D eigenvalue weighted by Gasteiger charge is -2.11. The molecule has 0 saturated carbocycles. The number of aromatic nitrogens is 1. The van der Waals surface area contributed by atoms with Crippen LogP contribution in [0.15, 0.2) is 60.8 Å². The quantitative estimate of drug-likeness (QED) is 0.417. The molecule has 0 aliphatic carbocycles. The summed E-state index contributed by atoms with van der Waals surface area (Å²) in [5.74, 6) is 4.90. The van der Waals surface area contributed by atoms with E-state index in [4.69, 9.17) is 5.84 Å². The van der Waals surface area contributed by atoms with Crippen LogP contribution in [0.25, 0.3) is 16.5 Å². The number of nitrogens with one attached hydrogen (secondary N) is 1. The van der Waals surface area contributed by atoms with Crippen molar-refractivity contribution >= 4 is 16.7 Å². The van der Waals surface area contributed by atoms with Crippen molar-refractivity contribution in [1.82, 2.24) is 9.99 Å². The Morgan fingerprint density at radius 1 is 1.00 bits per heavy atom. The third kappa shape index (κ3) is 1.88. The van der Waals surface area contributed by atoms with Gasteiger partial charge in [-0.3, -0.25) is 10.2 Å². The second-order valence-electron chi connectivity index (χ2n) is 4.24. The second-order valence-corrected chi connectivity index (χ2v) is 4.24. The lowest BCUT2D eigenvalue weighted by atomic mass is 10.1. The minimum absolute atomic E-state index is 0.307. The number of carbonyl (C=O) groups excluding carboxylic acids is 1.